The van der Waals surface area contributed by atoms with Gasteiger partial charge in [-0.1, -0.05) is 22.9 Å². The van der Waals surface area contributed by atoms with E-state index in [1.54, 1.807) is 18.3 Å². The summed E-state index contributed by atoms with van der Waals surface area (Å²) < 4.78 is 20.9. The number of halogens is 3. The highest BCUT2D eigenvalue weighted by Crippen LogP contribution is 2.29. The van der Waals surface area contributed by atoms with E-state index in [4.69, 9.17) is 4.74 Å². The lowest BCUT2D eigenvalue weighted by Crippen LogP contribution is -2.13. The van der Waals surface area contributed by atoms with Gasteiger partial charge in [-0.2, -0.15) is 0 Å². The summed E-state index contributed by atoms with van der Waals surface area (Å²) in [4.78, 5) is 4.21. The molecule has 106 valence electrons. The first-order chi connectivity index (χ1) is 9.60. The van der Waals surface area contributed by atoms with Crippen LogP contribution in [0.4, 0.5) is 4.39 Å². The zero-order valence-corrected chi connectivity index (χ0v) is 14.0. The second-order valence-electron chi connectivity index (χ2n) is 4.07. The van der Waals surface area contributed by atoms with Gasteiger partial charge in [-0.25, -0.2) is 9.37 Å². The van der Waals surface area contributed by atoms with Gasteiger partial charge in [0.15, 0.2) is 11.6 Å². The number of nitrogens with zero attached hydrogens (tertiary/aromatic N) is 1. The van der Waals surface area contributed by atoms with E-state index >= 15 is 0 Å². The van der Waals surface area contributed by atoms with E-state index in [0.29, 0.717) is 12.4 Å². The predicted molar refractivity (Wildman–Crippen MR) is 83.5 cm³/mol. The van der Waals surface area contributed by atoms with Gasteiger partial charge < -0.3 is 10.1 Å². The fourth-order valence-electron chi connectivity index (χ4n) is 1.61. The van der Waals surface area contributed by atoms with Crippen molar-refractivity contribution in [1.29, 1.82) is 0 Å². The zero-order valence-electron chi connectivity index (χ0n) is 10.8. The van der Waals surface area contributed by atoms with Crippen LogP contribution in [0.15, 0.2) is 39.4 Å². The Morgan fingerprint density at radius 1 is 1.25 bits per heavy atom. The van der Waals surface area contributed by atoms with Crippen molar-refractivity contribution in [3.05, 3.63) is 50.8 Å². The first-order valence-electron chi connectivity index (χ1n) is 6.08. The second kappa shape index (κ2) is 7.15. The molecule has 0 unspecified atom stereocenters. The summed E-state index contributed by atoms with van der Waals surface area (Å²) in [5.41, 5.74) is 0.862. The lowest BCUT2D eigenvalue weighted by molar-refractivity contribution is 0.420. The minimum Gasteiger partial charge on any atom is -0.436 e. The van der Waals surface area contributed by atoms with Gasteiger partial charge in [-0.15, -0.1) is 0 Å². The van der Waals surface area contributed by atoms with Crippen LogP contribution in [0.3, 0.4) is 0 Å². The molecule has 0 amide bonds. The number of rotatable bonds is 5. The molecule has 0 bridgehead atoms. The SMILES string of the molecule is CCNCc1cc(Br)cnc1Oc1cc(Br)ccc1F. The van der Waals surface area contributed by atoms with Crippen LogP contribution in [-0.2, 0) is 6.54 Å². The fraction of sp³-hybridized carbons (Fsp3) is 0.214. The molecule has 2 rings (SSSR count). The Morgan fingerprint density at radius 2 is 2.05 bits per heavy atom. The van der Waals surface area contributed by atoms with Gasteiger partial charge in [-0.3, -0.25) is 0 Å². The summed E-state index contributed by atoms with van der Waals surface area (Å²) in [7, 11) is 0. The highest BCUT2D eigenvalue weighted by atomic mass is 79.9. The lowest BCUT2D eigenvalue weighted by atomic mass is 10.2. The van der Waals surface area contributed by atoms with Gasteiger partial charge in [-0.05, 0) is 46.7 Å². The van der Waals surface area contributed by atoms with Crippen LogP contribution in [0.1, 0.15) is 12.5 Å². The first-order valence-corrected chi connectivity index (χ1v) is 7.66. The van der Waals surface area contributed by atoms with Crippen molar-refractivity contribution in [2.45, 2.75) is 13.5 Å². The average Bonchev–Trinajstić information content (AvgIpc) is 2.43. The summed E-state index contributed by atoms with van der Waals surface area (Å²) in [5.74, 6) is 0.116. The third-order valence-electron chi connectivity index (χ3n) is 2.56. The van der Waals surface area contributed by atoms with Gasteiger partial charge in [0, 0.05) is 27.3 Å². The number of aromatic nitrogens is 1. The number of hydrogen-bond acceptors (Lipinski definition) is 3. The topological polar surface area (TPSA) is 34.2 Å². The molecule has 3 nitrogen and oxygen atoms in total. The van der Waals surface area contributed by atoms with Crippen molar-refractivity contribution < 1.29 is 9.13 Å². The predicted octanol–water partition coefficient (Wildman–Crippen LogP) is 4.65. The maximum Gasteiger partial charge on any atom is 0.223 e. The molecule has 1 aromatic carbocycles. The fourth-order valence-corrected chi connectivity index (χ4v) is 2.33. The average molecular weight is 404 g/mol. The summed E-state index contributed by atoms with van der Waals surface area (Å²) >= 11 is 6.67. The van der Waals surface area contributed by atoms with Crippen molar-refractivity contribution in [2.75, 3.05) is 6.54 Å². The number of ether oxygens (including phenoxy) is 1. The quantitative estimate of drug-likeness (QED) is 0.789. The van der Waals surface area contributed by atoms with E-state index in [2.05, 4.69) is 42.2 Å². The Hall–Kier alpha value is -0.980. The van der Waals surface area contributed by atoms with E-state index < -0.39 is 5.82 Å². The first kappa shape index (κ1) is 15.4. The smallest absolute Gasteiger partial charge is 0.223 e. The lowest BCUT2D eigenvalue weighted by Gasteiger charge is -2.11. The van der Waals surface area contributed by atoms with Gasteiger partial charge >= 0.3 is 0 Å². The van der Waals surface area contributed by atoms with Crippen LogP contribution < -0.4 is 10.1 Å². The van der Waals surface area contributed by atoms with Crippen molar-refractivity contribution in [2.24, 2.45) is 0 Å². The molecule has 0 radical (unpaired) electrons. The van der Waals surface area contributed by atoms with Crippen LogP contribution in [0, 0.1) is 5.82 Å². The van der Waals surface area contributed by atoms with Crippen molar-refractivity contribution >= 4 is 31.9 Å². The molecule has 2 aromatic rings. The Labute approximate surface area is 133 Å². The minimum atomic E-state index is -0.424. The van der Waals surface area contributed by atoms with E-state index in [0.717, 1.165) is 21.1 Å². The monoisotopic (exact) mass is 402 g/mol. The molecule has 0 saturated carbocycles. The van der Waals surface area contributed by atoms with Crippen LogP contribution in [0.2, 0.25) is 0 Å². The molecular weight excluding hydrogens is 391 g/mol. The molecule has 0 saturated heterocycles. The van der Waals surface area contributed by atoms with E-state index in [9.17, 15) is 4.39 Å². The molecule has 1 heterocycles. The summed E-state index contributed by atoms with van der Waals surface area (Å²) in [5, 5.41) is 3.20. The van der Waals surface area contributed by atoms with Crippen LogP contribution in [0.25, 0.3) is 0 Å². The molecule has 6 heteroatoms. The highest BCUT2D eigenvalue weighted by molar-refractivity contribution is 9.10. The molecular formula is C14H13Br2FN2O. The van der Waals surface area contributed by atoms with E-state index in [1.165, 1.54) is 6.07 Å². The van der Waals surface area contributed by atoms with Crippen LogP contribution >= 0.6 is 31.9 Å². The maximum atomic E-state index is 13.7. The highest BCUT2D eigenvalue weighted by Gasteiger charge is 2.11. The van der Waals surface area contributed by atoms with E-state index in [1.807, 2.05) is 13.0 Å². The molecule has 0 atom stereocenters. The maximum absolute atomic E-state index is 13.7. The Morgan fingerprint density at radius 3 is 2.80 bits per heavy atom. The Balaban J connectivity index is 2.30. The third-order valence-corrected chi connectivity index (χ3v) is 3.48. The van der Waals surface area contributed by atoms with Crippen LogP contribution in [0.5, 0.6) is 11.6 Å². The van der Waals surface area contributed by atoms with Gasteiger partial charge in [0.1, 0.15) is 0 Å². The molecule has 0 aliphatic heterocycles. The second-order valence-corrected chi connectivity index (χ2v) is 5.91. The number of nitrogens with one attached hydrogen (secondary N) is 1. The normalized spacial score (nSPS) is 10.6. The molecule has 0 aliphatic carbocycles. The number of benzene rings is 1. The minimum absolute atomic E-state index is 0.145. The van der Waals surface area contributed by atoms with Gasteiger partial charge in [0.2, 0.25) is 5.88 Å². The van der Waals surface area contributed by atoms with E-state index in [-0.39, 0.29) is 5.75 Å². The van der Waals surface area contributed by atoms with Crippen molar-refractivity contribution in [1.82, 2.24) is 10.3 Å². The van der Waals surface area contributed by atoms with Crippen LogP contribution in [-0.4, -0.2) is 11.5 Å². The Kier molecular flexibility index (Phi) is 5.51. The number of pyridine rings is 1. The Bertz CT molecular complexity index is 608. The third kappa shape index (κ3) is 4.01. The van der Waals surface area contributed by atoms with Crippen molar-refractivity contribution in [3.8, 4) is 11.6 Å². The van der Waals surface area contributed by atoms with Gasteiger partial charge in [0.05, 0.1) is 0 Å². The van der Waals surface area contributed by atoms with Crippen molar-refractivity contribution in [3.63, 3.8) is 0 Å². The molecule has 1 aromatic heterocycles. The summed E-state index contributed by atoms with van der Waals surface area (Å²) in [6.45, 7) is 3.45. The number of hydrogen-bond donors (Lipinski definition) is 1. The molecule has 0 spiro atoms. The largest absolute Gasteiger partial charge is 0.436 e. The zero-order chi connectivity index (χ0) is 14.5. The molecule has 1 N–H and O–H groups in total. The standard InChI is InChI=1S/C14H13Br2FN2O/c1-2-18-7-9-5-11(16)8-19-14(9)20-13-6-10(15)3-4-12(13)17/h3-6,8,18H,2,7H2,1H3. The summed E-state index contributed by atoms with van der Waals surface area (Å²) in [6.07, 6.45) is 1.63. The molecule has 20 heavy (non-hydrogen) atoms. The molecule has 0 aliphatic rings. The summed E-state index contributed by atoms with van der Waals surface area (Å²) in [6, 6.07) is 6.45. The van der Waals surface area contributed by atoms with Gasteiger partial charge in [0.25, 0.3) is 0 Å². The molecule has 0 fully saturated rings.